The van der Waals surface area contributed by atoms with Crippen LogP contribution >= 0.6 is 0 Å². The summed E-state index contributed by atoms with van der Waals surface area (Å²) in [5.41, 5.74) is -3.82. The van der Waals surface area contributed by atoms with Crippen molar-refractivity contribution in [3.8, 4) is 11.3 Å². The molecule has 0 saturated carbocycles. The summed E-state index contributed by atoms with van der Waals surface area (Å²) < 4.78 is 88.7. The third-order valence-electron chi connectivity index (χ3n) is 2.53. The SMILES string of the molecule is Fc1ccc(C(F)(F)F)cc1-c1cc(C(F)(F)F)ncn1. The molecule has 9 heteroatoms. The summed E-state index contributed by atoms with van der Waals surface area (Å²) in [5.74, 6) is -1.12. The van der Waals surface area contributed by atoms with Crippen LogP contribution in [0.1, 0.15) is 11.3 Å². The number of hydrogen-bond acceptors (Lipinski definition) is 2. The van der Waals surface area contributed by atoms with Crippen molar-refractivity contribution < 1.29 is 30.7 Å². The van der Waals surface area contributed by atoms with Crippen molar-refractivity contribution in [2.45, 2.75) is 12.4 Å². The van der Waals surface area contributed by atoms with E-state index in [1.165, 1.54) is 0 Å². The van der Waals surface area contributed by atoms with Crippen LogP contribution in [0.4, 0.5) is 30.7 Å². The lowest BCUT2D eigenvalue weighted by Gasteiger charge is -2.11. The van der Waals surface area contributed by atoms with E-state index in [0.717, 1.165) is 0 Å². The molecule has 0 aliphatic rings. The molecule has 1 heterocycles. The van der Waals surface area contributed by atoms with E-state index in [9.17, 15) is 30.7 Å². The zero-order chi connectivity index (χ0) is 15.8. The highest BCUT2D eigenvalue weighted by molar-refractivity contribution is 5.61. The molecule has 2 rings (SSSR count). The molecule has 2 aromatic rings. The third kappa shape index (κ3) is 3.29. The second kappa shape index (κ2) is 4.97. The predicted octanol–water partition coefficient (Wildman–Crippen LogP) is 4.32. The second-order valence-corrected chi connectivity index (χ2v) is 3.98. The van der Waals surface area contributed by atoms with Crippen molar-refractivity contribution in [1.29, 1.82) is 0 Å². The van der Waals surface area contributed by atoms with Crippen LogP contribution < -0.4 is 0 Å². The molecule has 0 saturated heterocycles. The van der Waals surface area contributed by atoms with E-state index in [-0.39, 0.29) is 0 Å². The first-order valence-corrected chi connectivity index (χ1v) is 5.35. The summed E-state index contributed by atoms with van der Waals surface area (Å²) in [4.78, 5) is 6.34. The first kappa shape index (κ1) is 15.2. The molecule has 0 atom stereocenters. The molecule has 0 spiro atoms. The maximum absolute atomic E-state index is 13.6. The highest BCUT2D eigenvalue weighted by Gasteiger charge is 2.34. The van der Waals surface area contributed by atoms with Crippen LogP contribution in [0.2, 0.25) is 0 Å². The van der Waals surface area contributed by atoms with Gasteiger partial charge in [0.05, 0.1) is 11.3 Å². The van der Waals surface area contributed by atoms with Crippen molar-refractivity contribution in [2.24, 2.45) is 0 Å². The van der Waals surface area contributed by atoms with Crippen LogP contribution in [-0.4, -0.2) is 9.97 Å². The van der Waals surface area contributed by atoms with Gasteiger partial charge in [-0.25, -0.2) is 14.4 Å². The predicted molar refractivity (Wildman–Crippen MR) is 57.4 cm³/mol. The van der Waals surface area contributed by atoms with Crippen molar-refractivity contribution in [3.05, 3.63) is 47.7 Å². The highest BCUT2D eigenvalue weighted by Crippen LogP contribution is 2.34. The maximum Gasteiger partial charge on any atom is 0.433 e. The highest BCUT2D eigenvalue weighted by atomic mass is 19.4. The van der Waals surface area contributed by atoms with Crippen molar-refractivity contribution in [3.63, 3.8) is 0 Å². The monoisotopic (exact) mass is 310 g/mol. The summed E-state index contributed by atoms with van der Waals surface area (Å²) in [6.07, 6.45) is -9.05. The number of alkyl halides is 6. The van der Waals surface area contributed by atoms with Crippen molar-refractivity contribution in [1.82, 2.24) is 9.97 Å². The normalized spacial score (nSPS) is 12.5. The van der Waals surface area contributed by atoms with Gasteiger partial charge in [-0.1, -0.05) is 0 Å². The lowest BCUT2D eigenvalue weighted by Crippen LogP contribution is -2.09. The fourth-order valence-corrected chi connectivity index (χ4v) is 1.56. The Hall–Kier alpha value is -2.19. The van der Waals surface area contributed by atoms with Crippen LogP contribution in [-0.2, 0) is 12.4 Å². The van der Waals surface area contributed by atoms with E-state index in [2.05, 4.69) is 9.97 Å². The number of nitrogens with zero attached hydrogens (tertiary/aromatic N) is 2. The molecule has 1 aromatic heterocycles. The first-order valence-electron chi connectivity index (χ1n) is 5.35. The Bertz CT molecular complexity index is 661. The summed E-state index contributed by atoms with van der Waals surface area (Å²) in [7, 11) is 0. The molecule has 0 unspecified atom stereocenters. The topological polar surface area (TPSA) is 25.8 Å². The quantitative estimate of drug-likeness (QED) is 0.733. The molecule has 21 heavy (non-hydrogen) atoms. The summed E-state index contributed by atoms with van der Waals surface area (Å²) in [5, 5.41) is 0. The number of hydrogen-bond donors (Lipinski definition) is 0. The van der Waals surface area contributed by atoms with E-state index in [1.807, 2.05) is 0 Å². The van der Waals surface area contributed by atoms with Crippen LogP contribution in [0.3, 0.4) is 0 Å². The number of aromatic nitrogens is 2. The molecule has 0 fully saturated rings. The van der Waals surface area contributed by atoms with Gasteiger partial charge < -0.3 is 0 Å². The maximum atomic E-state index is 13.6. The molecular formula is C12H5F7N2. The van der Waals surface area contributed by atoms with E-state index < -0.39 is 40.7 Å². The Morgan fingerprint density at radius 2 is 1.48 bits per heavy atom. The Kier molecular flexibility index (Phi) is 3.60. The molecule has 0 amide bonds. The standard InChI is InChI=1S/C12H5F7N2/c13-8-2-1-6(11(14,15)16)3-7(8)9-4-10(12(17,18)19)21-5-20-9/h1-5H. The molecule has 1 aromatic carbocycles. The Morgan fingerprint density at radius 3 is 2.05 bits per heavy atom. The Morgan fingerprint density at radius 1 is 0.810 bits per heavy atom. The fourth-order valence-electron chi connectivity index (χ4n) is 1.56. The van der Waals surface area contributed by atoms with Gasteiger partial charge in [-0.3, -0.25) is 0 Å². The molecule has 0 aliphatic heterocycles. The van der Waals surface area contributed by atoms with Crippen LogP contribution in [0.15, 0.2) is 30.6 Å². The lowest BCUT2D eigenvalue weighted by atomic mass is 10.1. The first-order chi connectivity index (χ1) is 9.59. The van der Waals surface area contributed by atoms with Gasteiger partial charge >= 0.3 is 12.4 Å². The summed E-state index contributed by atoms with van der Waals surface area (Å²) in [6, 6.07) is 1.80. The van der Waals surface area contributed by atoms with Crippen LogP contribution in [0.25, 0.3) is 11.3 Å². The number of rotatable bonds is 1. The zero-order valence-corrected chi connectivity index (χ0v) is 9.93. The van der Waals surface area contributed by atoms with Gasteiger partial charge in [-0.05, 0) is 24.3 Å². The molecule has 112 valence electrons. The van der Waals surface area contributed by atoms with Gasteiger partial charge in [-0.15, -0.1) is 0 Å². The van der Waals surface area contributed by atoms with Gasteiger partial charge in [0.15, 0.2) is 0 Å². The Balaban J connectivity index is 2.57. The number of benzene rings is 1. The van der Waals surface area contributed by atoms with Crippen LogP contribution in [0, 0.1) is 5.82 Å². The fraction of sp³-hybridized carbons (Fsp3) is 0.167. The van der Waals surface area contributed by atoms with Gasteiger partial charge in [0.2, 0.25) is 0 Å². The van der Waals surface area contributed by atoms with Gasteiger partial charge in [-0.2, -0.15) is 26.3 Å². The van der Waals surface area contributed by atoms with E-state index >= 15 is 0 Å². The van der Waals surface area contributed by atoms with E-state index in [1.54, 1.807) is 0 Å². The van der Waals surface area contributed by atoms with Gasteiger partial charge in [0.1, 0.15) is 17.8 Å². The van der Waals surface area contributed by atoms with Crippen LogP contribution in [0.5, 0.6) is 0 Å². The van der Waals surface area contributed by atoms with E-state index in [0.29, 0.717) is 30.6 Å². The minimum atomic E-state index is -4.81. The largest absolute Gasteiger partial charge is 0.433 e. The summed E-state index contributed by atoms with van der Waals surface area (Å²) >= 11 is 0. The Labute approximate surface area is 113 Å². The average Bonchev–Trinajstić information content (AvgIpc) is 2.37. The minimum Gasteiger partial charge on any atom is -0.236 e. The number of halogens is 7. The molecule has 2 nitrogen and oxygen atoms in total. The summed E-state index contributed by atoms with van der Waals surface area (Å²) in [6.45, 7) is 0. The molecular weight excluding hydrogens is 305 g/mol. The van der Waals surface area contributed by atoms with Crippen molar-refractivity contribution >= 4 is 0 Å². The molecule has 0 N–H and O–H groups in total. The molecule has 0 bridgehead atoms. The lowest BCUT2D eigenvalue weighted by molar-refractivity contribution is -0.141. The van der Waals surface area contributed by atoms with Crippen molar-refractivity contribution in [2.75, 3.05) is 0 Å². The van der Waals surface area contributed by atoms with Gasteiger partial charge in [0.25, 0.3) is 0 Å². The average molecular weight is 310 g/mol. The molecule has 0 radical (unpaired) electrons. The zero-order valence-electron chi connectivity index (χ0n) is 9.93. The second-order valence-electron chi connectivity index (χ2n) is 3.98. The van der Waals surface area contributed by atoms with Gasteiger partial charge in [0, 0.05) is 5.56 Å². The smallest absolute Gasteiger partial charge is 0.236 e. The third-order valence-corrected chi connectivity index (χ3v) is 2.53. The van der Waals surface area contributed by atoms with E-state index in [4.69, 9.17) is 0 Å². The minimum absolute atomic E-state index is 0.387. The molecule has 0 aliphatic carbocycles.